The summed E-state index contributed by atoms with van der Waals surface area (Å²) < 4.78 is 70.1. The molecule has 6 heterocycles. The second kappa shape index (κ2) is 66.0. The molecule has 5 aliphatic rings. The SMILES string of the molecule is C=C(C)C(=O)OCCC1CO1.C=C(C)C(=O)Oc1ccc(CCl)cc1.C=C(C)C(=O)Oc1ccc(OCC2CO2)c2cnccc12.C=C(C)c1ccc(CCl)cc1.C=CC(=O)Oc1ccc(CCl)cc1.C=COC(=O)/C=C/c1ccc(CCl)cc1.C=COC(=O)CCC1CO1.C=COC(=O)CCCc1ccc(CC2CO2)cc1.C=Cc1ccc(CCl)cc1.C=Cc1ccc(OCC2CO2)cc1. The van der Waals surface area contributed by atoms with Crippen molar-refractivity contribution in [2.24, 2.45) is 0 Å². The third-order valence-electron chi connectivity index (χ3n) is 18.5. The summed E-state index contributed by atoms with van der Waals surface area (Å²) in [6.45, 7) is 47.5. The lowest BCUT2D eigenvalue weighted by Crippen LogP contribution is -2.09. The third kappa shape index (κ3) is 51.2. The van der Waals surface area contributed by atoms with E-state index in [2.05, 4.69) is 109 Å². The van der Waals surface area contributed by atoms with Gasteiger partial charge in [0.1, 0.15) is 54.2 Å². The van der Waals surface area contributed by atoms with Gasteiger partial charge in [0.05, 0.1) is 76.7 Å². The molecule has 5 saturated heterocycles. The van der Waals surface area contributed by atoms with Crippen LogP contribution in [-0.4, -0.2) is 130 Å². The molecule has 9 aromatic rings. The van der Waals surface area contributed by atoms with Gasteiger partial charge in [0.15, 0.2) is 0 Å². The quantitative estimate of drug-likeness (QED) is 0.00661. The number of epoxide rings is 5. The Kier molecular flexibility index (Phi) is 55.3. The number of hydrogen-bond acceptors (Lipinski definition) is 22. The van der Waals surface area contributed by atoms with Crippen LogP contribution in [0.5, 0.6) is 28.7 Å². The van der Waals surface area contributed by atoms with Crippen molar-refractivity contribution in [3.05, 3.63) is 375 Å². The van der Waals surface area contributed by atoms with Crippen LogP contribution in [0.2, 0.25) is 0 Å². The lowest BCUT2D eigenvalue weighted by atomic mass is 10.0. The minimum atomic E-state index is -0.460. The topological polar surface area (TPSA) is 278 Å². The van der Waals surface area contributed by atoms with Crippen LogP contribution in [-0.2, 0) is 118 Å². The summed E-state index contributed by atoms with van der Waals surface area (Å²) in [5, 5.41) is 1.57. The van der Waals surface area contributed by atoms with Crippen molar-refractivity contribution in [2.75, 3.05) is 52.9 Å². The Morgan fingerprint density at radius 3 is 1.25 bits per heavy atom. The third-order valence-corrected chi connectivity index (χ3v) is 20.1. The first-order valence-electron chi connectivity index (χ1n) is 43.2. The zero-order valence-electron chi connectivity index (χ0n) is 77.2. The van der Waals surface area contributed by atoms with Crippen molar-refractivity contribution < 1.29 is 99.9 Å². The predicted octanol–water partition coefficient (Wildman–Crippen LogP) is 24.1. The molecular formula is C109H118Cl5NO21. The number of esters is 7. The largest absolute Gasteiger partial charge is 0.491 e. The minimum Gasteiger partial charge on any atom is -0.491 e. The molecule has 0 aliphatic carbocycles. The van der Waals surface area contributed by atoms with E-state index in [0.717, 1.165) is 150 Å². The first-order chi connectivity index (χ1) is 65.6. The minimum absolute atomic E-state index is 0.178. The number of nitrogens with zero attached hydrogens (tertiary/aromatic N) is 1. The Morgan fingerprint density at radius 2 is 0.801 bits per heavy atom. The number of fused-ring (bicyclic) bond motifs is 1. The van der Waals surface area contributed by atoms with E-state index in [0.29, 0.717) is 126 Å². The van der Waals surface area contributed by atoms with Crippen LogP contribution in [0.15, 0.2) is 314 Å². The molecule has 0 saturated carbocycles. The van der Waals surface area contributed by atoms with Crippen LogP contribution >= 0.6 is 58.0 Å². The Labute approximate surface area is 823 Å². The van der Waals surface area contributed by atoms with E-state index in [4.69, 9.17) is 110 Å². The summed E-state index contributed by atoms with van der Waals surface area (Å²) in [7, 11) is 0. The van der Waals surface area contributed by atoms with Gasteiger partial charge in [-0.25, -0.2) is 24.0 Å². The number of aryl methyl sites for hydroxylation is 1. The molecule has 0 radical (unpaired) electrons. The molecule has 22 nitrogen and oxygen atoms in total. The second-order valence-corrected chi connectivity index (χ2v) is 31.4. The normalized spacial score (nSPS) is 14.5. The molecule has 720 valence electrons. The van der Waals surface area contributed by atoms with Crippen LogP contribution in [0.1, 0.15) is 121 Å². The average Bonchev–Trinajstić information content (AvgIpc) is 1.18. The molecule has 27 heteroatoms. The highest BCUT2D eigenvalue weighted by atomic mass is 35.5. The van der Waals surface area contributed by atoms with Crippen LogP contribution in [0.4, 0.5) is 0 Å². The Morgan fingerprint density at radius 1 is 0.397 bits per heavy atom. The molecule has 8 aromatic carbocycles. The van der Waals surface area contributed by atoms with Crippen LogP contribution < -0.4 is 23.7 Å². The van der Waals surface area contributed by atoms with E-state index in [1.54, 1.807) is 93.8 Å². The summed E-state index contributed by atoms with van der Waals surface area (Å²) in [6, 6.07) is 59.4. The molecule has 136 heavy (non-hydrogen) atoms. The summed E-state index contributed by atoms with van der Waals surface area (Å²) in [5.41, 5.74) is 14.5. The number of allylic oxidation sites excluding steroid dienone is 1. The molecule has 0 bridgehead atoms. The fourth-order valence-corrected chi connectivity index (χ4v) is 11.3. The lowest BCUT2D eigenvalue weighted by Gasteiger charge is -2.11. The molecule has 0 N–H and O–H groups in total. The number of carbonyl (C=O) groups is 7. The highest BCUT2D eigenvalue weighted by Crippen LogP contribution is 2.34. The molecule has 5 fully saturated rings. The standard InChI is InChI=1S/C16H15NO4.C15H18O3.C12H11ClO2.C11H11ClO2.C11H12O2.C10H9ClO2.C10H11Cl.C9H9Cl.C8H12O3.C7H10O3/c1-10(2)16(18)21-15-4-3-14(20-9-11-8-19-11)13-7-17-6-5-12(13)15;1-2-17-15(16)5-3-4-12-6-8-13(9-7-12)10-14-11-18-14;1-2-15-12(14)8-7-10-3-5-11(9-13)6-4-10;1-8(2)11(13)14-10-5-3-9(7-12)4-6-10;1-2-9-3-5-10(6-4-9)12-7-11-8-13-11;1-2-10(12)13-9-5-3-8(7-11)4-6-9;1-8(2)10-5-3-9(7-11)4-6-10;1-2-8-3-5-9(7-10)6-4-8;1-6(2)8(9)10-4-3-7-5-11-7;1-2-9-7(8)4-3-6-5-10-6/h3-7,11H,1,8-9H2,2H3;2,6-9,14H,1,3-5,10-11H2;2-8H,1,9H2;3-6H,1,7H2,2H3;2-6,11H,1,7-8H2;2-6H,1,7H2;3-6H,1,7H2,2H3;2-6H,1,7H2;7H,1,3-5H2,2H3;2,6H,1,3-5H2/b;;8-7+;;;;;;;. The molecule has 1 aromatic heterocycles. The van der Waals surface area contributed by atoms with Gasteiger partial charge in [0.2, 0.25) is 0 Å². The number of ether oxygens (including phenoxy) is 14. The van der Waals surface area contributed by atoms with Crippen LogP contribution in [0.25, 0.3) is 34.6 Å². The van der Waals surface area contributed by atoms with Crippen molar-refractivity contribution in [2.45, 2.75) is 133 Å². The molecule has 5 atom stereocenters. The summed E-state index contributed by atoms with van der Waals surface area (Å²) >= 11 is 28.1. The Hall–Kier alpha value is -12.6. The smallest absolute Gasteiger partial charge is 0.338 e. The fraction of sp³-hybridized carbons (Fsp3) is 0.266. The van der Waals surface area contributed by atoms with Gasteiger partial charge in [-0.1, -0.05) is 217 Å². The zero-order chi connectivity index (χ0) is 99.4. The molecule has 5 aliphatic heterocycles. The van der Waals surface area contributed by atoms with E-state index in [1.807, 2.05) is 128 Å². The van der Waals surface area contributed by atoms with Crippen LogP contribution in [0.3, 0.4) is 0 Å². The van der Waals surface area contributed by atoms with Crippen LogP contribution in [0, 0.1) is 0 Å². The number of benzene rings is 8. The van der Waals surface area contributed by atoms with Gasteiger partial charge < -0.3 is 66.3 Å². The predicted molar refractivity (Wildman–Crippen MR) is 540 cm³/mol. The van der Waals surface area contributed by atoms with Gasteiger partial charge in [-0.05, 0) is 169 Å². The molecule has 0 spiro atoms. The van der Waals surface area contributed by atoms with Gasteiger partial charge in [-0.2, -0.15) is 0 Å². The molecule has 0 amide bonds. The van der Waals surface area contributed by atoms with E-state index < -0.39 is 23.9 Å². The van der Waals surface area contributed by atoms with Gasteiger partial charge in [-0.15, -0.1) is 58.0 Å². The summed E-state index contributed by atoms with van der Waals surface area (Å²) in [4.78, 5) is 81.1. The summed E-state index contributed by atoms with van der Waals surface area (Å²) in [6.07, 6.45) is 21.2. The molecule has 14 rings (SSSR count). The molecular weight excluding hydrogens is 1840 g/mol. The highest BCUT2D eigenvalue weighted by molar-refractivity contribution is 6.18. The number of carbonyl (C=O) groups excluding carboxylic acids is 7. The number of halogens is 5. The van der Waals surface area contributed by atoms with Crippen molar-refractivity contribution in [1.29, 1.82) is 0 Å². The number of pyridine rings is 1. The fourth-order valence-electron chi connectivity index (χ4n) is 10.4. The van der Waals surface area contributed by atoms with E-state index in [1.165, 1.54) is 29.0 Å². The highest BCUT2D eigenvalue weighted by Gasteiger charge is 2.27. The summed E-state index contributed by atoms with van der Waals surface area (Å²) in [5.74, 6) is 3.09. The Bertz CT molecular complexity index is 5330. The van der Waals surface area contributed by atoms with Crippen molar-refractivity contribution in [3.8, 4) is 28.7 Å². The average molecular weight is 1960 g/mol. The van der Waals surface area contributed by atoms with E-state index in [-0.39, 0.29) is 24.0 Å². The second-order valence-electron chi connectivity index (χ2n) is 30.1. The van der Waals surface area contributed by atoms with Crippen molar-refractivity contribution >= 4 is 134 Å². The zero-order valence-corrected chi connectivity index (χ0v) is 81.0. The first-order valence-corrected chi connectivity index (χ1v) is 45.8. The number of aromatic nitrogens is 1. The lowest BCUT2D eigenvalue weighted by molar-refractivity contribution is -0.139. The van der Waals surface area contributed by atoms with Crippen molar-refractivity contribution in [3.63, 3.8) is 0 Å². The Balaban J connectivity index is 0.000000269. The maximum atomic E-state index is 11.7. The number of hydrogen-bond donors (Lipinski definition) is 0. The maximum absolute atomic E-state index is 11.7. The maximum Gasteiger partial charge on any atom is 0.338 e. The van der Waals surface area contributed by atoms with E-state index in [9.17, 15) is 33.6 Å². The monoisotopic (exact) mass is 1950 g/mol. The van der Waals surface area contributed by atoms with E-state index >= 15 is 0 Å². The number of rotatable bonds is 38. The van der Waals surface area contributed by atoms with Gasteiger partial charge >= 0.3 is 41.8 Å². The van der Waals surface area contributed by atoms with Gasteiger partial charge in [0.25, 0.3) is 0 Å². The number of alkyl halides is 5. The molecule has 5 unspecified atom stereocenters. The van der Waals surface area contributed by atoms with Gasteiger partial charge in [-0.3, -0.25) is 14.6 Å². The first kappa shape index (κ1) is 114. The van der Waals surface area contributed by atoms with Gasteiger partial charge in [0, 0.05) is 107 Å². The van der Waals surface area contributed by atoms with Crippen molar-refractivity contribution in [1.82, 2.24) is 4.98 Å².